The monoisotopic (exact) mass is 336 g/mol. The molecule has 0 aliphatic heterocycles. The molecule has 24 heavy (non-hydrogen) atoms. The zero-order valence-corrected chi connectivity index (χ0v) is 13.3. The molecule has 6 nitrogen and oxygen atoms in total. The molecule has 2 N–H and O–H groups in total. The summed E-state index contributed by atoms with van der Waals surface area (Å²) in [5, 5.41) is 11.0. The average Bonchev–Trinajstić information content (AvgIpc) is 3.05. The number of benzene rings is 2. The maximum Gasteiger partial charge on any atom is 0.280 e. The number of nitrogens with one attached hydrogen (secondary N) is 2. The van der Waals surface area contributed by atoms with Crippen molar-refractivity contribution in [2.75, 3.05) is 0 Å². The van der Waals surface area contributed by atoms with Crippen LogP contribution >= 0.6 is 11.3 Å². The minimum atomic E-state index is -0.256. The highest BCUT2D eigenvalue weighted by molar-refractivity contribution is 7.20. The molecule has 0 aliphatic carbocycles. The van der Waals surface area contributed by atoms with Crippen LogP contribution < -0.4 is 10.9 Å². The summed E-state index contributed by atoms with van der Waals surface area (Å²) in [5.41, 5.74) is 1.17. The fraction of sp³-hybridized carbons (Fsp3) is 0.0588. The Bertz CT molecular complexity index is 1080. The zero-order chi connectivity index (χ0) is 16.5. The highest BCUT2D eigenvalue weighted by atomic mass is 32.1. The van der Waals surface area contributed by atoms with Gasteiger partial charge in [-0.2, -0.15) is 5.10 Å². The number of para-hydroxylation sites is 1. The fourth-order valence-electron chi connectivity index (χ4n) is 2.52. The Balaban J connectivity index is 1.60. The molecule has 118 valence electrons. The van der Waals surface area contributed by atoms with Gasteiger partial charge in [0.05, 0.1) is 27.8 Å². The van der Waals surface area contributed by atoms with E-state index in [1.807, 2.05) is 36.4 Å². The van der Waals surface area contributed by atoms with Crippen LogP contribution in [0.25, 0.3) is 21.0 Å². The van der Waals surface area contributed by atoms with E-state index in [1.54, 1.807) is 12.1 Å². The van der Waals surface area contributed by atoms with Crippen molar-refractivity contribution in [1.29, 1.82) is 0 Å². The smallest absolute Gasteiger partial charge is 0.280 e. The second-order valence-electron chi connectivity index (χ2n) is 5.21. The number of aromatic amines is 1. The molecule has 0 fully saturated rings. The van der Waals surface area contributed by atoms with Crippen LogP contribution in [0.5, 0.6) is 0 Å². The van der Waals surface area contributed by atoms with Gasteiger partial charge in [0.15, 0.2) is 5.01 Å². The number of H-pyrrole nitrogens is 1. The molecule has 2 aromatic carbocycles. The Morgan fingerprint density at radius 3 is 2.67 bits per heavy atom. The normalized spacial score (nSPS) is 11.0. The molecule has 0 atom stereocenters. The van der Waals surface area contributed by atoms with E-state index in [1.165, 1.54) is 11.3 Å². The van der Waals surface area contributed by atoms with Crippen molar-refractivity contribution < 1.29 is 4.79 Å². The number of aromatic nitrogens is 3. The van der Waals surface area contributed by atoms with Gasteiger partial charge in [-0.1, -0.05) is 30.3 Å². The van der Waals surface area contributed by atoms with Crippen LogP contribution in [-0.2, 0) is 6.54 Å². The van der Waals surface area contributed by atoms with E-state index in [9.17, 15) is 9.59 Å². The minimum Gasteiger partial charge on any atom is -0.344 e. The predicted molar refractivity (Wildman–Crippen MR) is 93.2 cm³/mol. The molecule has 0 radical (unpaired) electrons. The van der Waals surface area contributed by atoms with Crippen LogP contribution in [-0.4, -0.2) is 21.1 Å². The van der Waals surface area contributed by atoms with Gasteiger partial charge in [-0.3, -0.25) is 9.59 Å². The van der Waals surface area contributed by atoms with Gasteiger partial charge in [-0.05, 0) is 18.2 Å². The lowest BCUT2D eigenvalue weighted by Crippen LogP contribution is -2.24. The largest absolute Gasteiger partial charge is 0.344 e. The van der Waals surface area contributed by atoms with Gasteiger partial charge in [-0.25, -0.2) is 10.1 Å². The molecule has 0 saturated heterocycles. The molecular weight excluding hydrogens is 324 g/mol. The first-order valence-electron chi connectivity index (χ1n) is 7.32. The summed E-state index contributed by atoms with van der Waals surface area (Å²) in [7, 11) is 0. The first-order chi connectivity index (χ1) is 11.7. The molecule has 2 heterocycles. The summed E-state index contributed by atoms with van der Waals surface area (Å²) < 4.78 is 0.968. The molecule has 0 spiro atoms. The van der Waals surface area contributed by atoms with Crippen molar-refractivity contribution in [3.63, 3.8) is 0 Å². The summed E-state index contributed by atoms with van der Waals surface area (Å²) in [6.45, 7) is 0.214. The van der Waals surface area contributed by atoms with E-state index < -0.39 is 0 Å². The van der Waals surface area contributed by atoms with Crippen LogP contribution in [0, 0.1) is 0 Å². The van der Waals surface area contributed by atoms with Crippen LogP contribution in [0.15, 0.2) is 53.3 Å². The number of carbonyl (C=O) groups is 1. The van der Waals surface area contributed by atoms with E-state index in [0.29, 0.717) is 16.1 Å². The standard InChI is InChI=1S/C17H12N4O2S/c22-15-11-6-2-1-5-10(11)13(20-21-15)9-18-16(23)17-19-12-7-3-4-8-14(12)24-17/h1-8H,9H2,(H,18,23)(H,21,22). The Morgan fingerprint density at radius 1 is 1.08 bits per heavy atom. The summed E-state index contributed by atoms with van der Waals surface area (Å²) in [5.74, 6) is -0.256. The molecule has 0 unspecified atom stereocenters. The lowest BCUT2D eigenvalue weighted by atomic mass is 10.1. The molecule has 4 rings (SSSR count). The Hall–Kier alpha value is -3.06. The third kappa shape index (κ3) is 2.55. The third-order valence-corrected chi connectivity index (χ3v) is 4.71. The van der Waals surface area contributed by atoms with Gasteiger partial charge in [0, 0.05) is 5.39 Å². The highest BCUT2D eigenvalue weighted by Crippen LogP contribution is 2.21. The van der Waals surface area contributed by atoms with E-state index in [2.05, 4.69) is 20.5 Å². The lowest BCUT2D eigenvalue weighted by molar-refractivity contribution is 0.0950. The first kappa shape index (κ1) is 14.5. The van der Waals surface area contributed by atoms with E-state index >= 15 is 0 Å². The van der Waals surface area contributed by atoms with Gasteiger partial charge in [-0.15, -0.1) is 11.3 Å². The molecular formula is C17H12N4O2S. The fourth-order valence-corrected chi connectivity index (χ4v) is 3.40. The number of rotatable bonds is 3. The van der Waals surface area contributed by atoms with Gasteiger partial charge >= 0.3 is 0 Å². The second kappa shape index (κ2) is 5.86. The minimum absolute atomic E-state index is 0.214. The van der Waals surface area contributed by atoms with Crippen molar-refractivity contribution in [2.45, 2.75) is 6.54 Å². The van der Waals surface area contributed by atoms with Crippen molar-refractivity contribution in [2.24, 2.45) is 0 Å². The number of nitrogens with zero attached hydrogens (tertiary/aromatic N) is 2. The number of amides is 1. The zero-order valence-electron chi connectivity index (χ0n) is 12.4. The van der Waals surface area contributed by atoms with Gasteiger partial charge in [0.2, 0.25) is 0 Å². The third-order valence-electron chi connectivity index (χ3n) is 3.68. The van der Waals surface area contributed by atoms with Gasteiger partial charge in [0.25, 0.3) is 11.5 Å². The summed E-state index contributed by atoms with van der Waals surface area (Å²) in [4.78, 5) is 28.4. The van der Waals surface area contributed by atoms with Gasteiger partial charge < -0.3 is 5.32 Å². The number of hydrogen-bond acceptors (Lipinski definition) is 5. The molecule has 2 aromatic heterocycles. The van der Waals surface area contributed by atoms with Crippen LogP contribution in [0.2, 0.25) is 0 Å². The highest BCUT2D eigenvalue weighted by Gasteiger charge is 2.13. The summed E-state index contributed by atoms with van der Waals surface area (Å²) >= 11 is 1.35. The quantitative estimate of drug-likeness (QED) is 0.601. The van der Waals surface area contributed by atoms with Crippen molar-refractivity contribution in [3.8, 4) is 0 Å². The molecule has 1 amide bonds. The molecule has 0 aliphatic rings. The van der Waals surface area contributed by atoms with Gasteiger partial charge in [0.1, 0.15) is 0 Å². The number of fused-ring (bicyclic) bond motifs is 2. The molecule has 4 aromatic rings. The summed E-state index contributed by atoms with van der Waals surface area (Å²) in [6, 6.07) is 14.8. The Morgan fingerprint density at radius 2 is 1.83 bits per heavy atom. The Labute approximate surface area is 140 Å². The van der Waals surface area contributed by atoms with E-state index in [4.69, 9.17) is 0 Å². The van der Waals surface area contributed by atoms with Crippen LogP contribution in [0.1, 0.15) is 15.5 Å². The molecule has 0 saturated carbocycles. The number of carbonyl (C=O) groups excluding carboxylic acids is 1. The van der Waals surface area contributed by atoms with E-state index in [-0.39, 0.29) is 18.0 Å². The van der Waals surface area contributed by atoms with Crippen molar-refractivity contribution in [3.05, 3.63) is 69.6 Å². The maximum atomic E-state index is 12.3. The van der Waals surface area contributed by atoms with Crippen molar-refractivity contribution in [1.82, 2.24) is 20.5 Å². The number of hydrogen-bond donors (Lipinski definition) is 2. The molecule has 7 heteroatoms. The number of thiazole rings is 1. The Kier molecular flexibility index (Phi) is 3.55. The van der Waals surface area contributed by atoms with Crippen LogP contribution in [0.3, 0.4) is 0 Å². The second-order valence-corrected chi connectivity index (χ2v) is 6.25. The van der Waals surface area contributed by atoms with Crippen molar-refractivity contribution >= 4 is 38.2 Å². The summed E-state index contributed by atoms with van der Waals surface area (Å²) in [6.07, 6.45) is 0. The lowest BCUT2D eigenvalue weighted by Gasteiger charge is -2.05. The maximum absolute atomic E-state index is 12.3. The SMILES string of the molecule is O=C(NCc1n[nH]c(=O)c2ccccc12)c1nc2ccccc2s1. The predicted octanol–water partition coefficient (Wildman–Crippen LogP) is 2.46. The first-order valence-corrected chi connectivity index (χ1v) is 8.14. The average molecular weight is 336 g/mol. The van der Waals surface area contributed by atoms with Crippen LogP contribution in [0.4, 0.5) is 0 Å². The van der Waals surface area contributed by atoms with E-state index in [0.717, 1.165) is 15.6 Å². The molecule has 0 bridgehead atoms. The topological polar surface area (TPSA) is 87.7 Å².